The van der Waals surface area contributed by atoms with Gasteiger partial charge in [0.25, 0.3) is 10.0 Å². The van der Waals surface area contributed by atoms with Crippen LogP contribution in [0.3, 0.4) is 0 Å². The Hall–Kier alpha value is -1.80. The Morgan fingerprint density at radius 1 is 0.871 bits per heavy atom. The highest BCUT2D eigenvalue weighted by Crippen LogP contribution is 2.32. The number of rotatable bonds is 8. The summed E-state index contributed by atoms with van der Waals surface area (Å²) in [6.45, 7) is 5.26. The molecular weight excluding hydrogens is 434 g/mol. The molecule has 0 radical (unpaired) electrons. The molecule has 4 rings (SSSR count). The molecule has 2 fully saturated rings. The van der Waals surface area contributed by atoms with Gasteiger partial charge in [-0.15, -0.1) is 11.6 Å². The van der Waals surface area contributed by atoms with Gasteiger partial charge in [-0.1, -0.05) is 12.1 Å². The number of sulfonamides is 1. The fourth-order valence-electron chi connectivity index (χ4n) is 4.40. The minimum atomic E-state index is -3.74. The van der Waals surface area contributed by atoms with E-state index in [0.717, 1.165) is 68.6 Å². The van der Waals surface area contributed by atoms with Gasteiger partial charge in [0.2, 0.25) is 0 Å². The number of nitrogens with zero attached hydrogens (tertiary/aromatic N) is 2. The number of phenolic OH excluding ortho intramolecular Hbond substituents is 1. The van der Waals surface area contributed by atoms with Crippen molar-refractivity contribution in [3.63, 3.8) is 0 Å². The lowest BCUT2D eigenvalue weighted by Gasteiger charge is -2.21. The van der Waals surface area contributed by atoms with Crippen molar-refractivity contribution in [2.75, 3.05) is 30.9 Å². The summed E-state index contributed by atoms with van der Waals surface area (Å²) in [6, 6.07) is 10.1. The number of alkyl halides is 1. The van der Waals surface area contributed by atoms with Crippen LogP contribution in [-0.4, -0.2) is 49.5 Å². The van der Waals surface area contributed by atoms with E-state index < -0.39 is 10.0 Å². The van der Waals surface area contributed by atoms with Gasteiger partial charge in [0.15, 0.2) is 0 Å². The number of phenols is 1. The topological polar surface area (TPSA) is 72.9 Å². The molecular formula is C23H30ClN3O3S. The maximum atomic E-state index is 13.0. The molecule has 0 bridgehead atoms. The normalized spacial score (nSPS) is 18.0. The van der Waals surface area contributed by atoms with E-state index >= 15 is 0 Å². The molecule has 6 nitrogen and oxygen atoms in total. The third-order valence-electron chi connectivity index (χ3n) is 6.09. The van der Waals surface area contributed by atoms with Crippen molar-refractivity contribution in [2.24, 2.45) is 0 Å². The van der Waals surface area contributed by atoms with Crippen LogP contribution in [0.25, 0.3) is 0 Å². The van der Waals surface area contributed by atoms with Crippen LogP contribution in [0.4, 0.5) is 5.69 Å². The van der Waals surface area contributed by atoms with E-state index in [1.54, 1.807) is 36.4 Å². The third-order valence-corrected chi connectivity index (χ3v) is 7.80. The largest absolute Gasteiger partial charge is 0.507 e. The van der Waals surface area contributed by atoms with E-state index in [1.807, 2.05) is 0 Å². The van der Waals surface area contributed by atoms with Gasteiger partial charge >= 0.3 is 0 Å². The highest BCUT2D eigenvalue weighted by Gasteiger charge is 2.21. The summed E-state index contributed by atoms with van der Waals surface area (Å²) >= 11 is 5.82. The summed E-state index contributed by atoms with van der Waals surface area (Å²) in [5.74, 6) is 0.624. The number of aromatic hydroxyl groups is 1. The zero-order valence-corrected chi connectivity index (χ0v) is 19.3. The Morgan fingerprint density at radius 3 is 1.81 bits per heavy atom. The molecule has 0 saturated carbocycles. The Balaban J connectivity index is 1.62. The van der Waals surface area contributed by atoms with Gasteiger partial charge in [-0.05, 0) is 81.7 Å². The molecule has 2 aromatic carbocycles. The van der Waals surface area contributed by atoms with Crippen molar-refractivity contribution < 1.29 is 13.5 Å². The van der Waals surface area contributed by atoms with Crippen molar-refractivity contribution in [3.8, 4) is 5.75 Å². The van der Waals surface area contributed by atoms with Crippen LogP contribution < -0.4 is 4.72 Å². The van der Waals surface area contributed by atoms with Crippen molar-refractivity contribution in [1.82, 2.24) is 9.80 Å². The van der Waals surface area contributed by atoms with Crippen LogP contribution in [0.2, 0.25) is 0 Å². The molecule has 0 spiro atoms. The number of benzene rings is 2. The fraction of sp³-hybridized carbons (Fsp3) is 0.478. The van der Waals surface area contributed by atoms with Crippen LogP contribution in [-0.2, 0) is 29.0 Å². The second-order valence-corrected chi connectivity index (χ2v) is 10.4. The highest BCUT2D eigenvalue weighted by molar-refractivity contribution is 7.92. The van der Waals surface area contributed by atoms with Crippen LogP contribution in [0, 0.1) is 0 Å². The smallest absolute Gasteiger partial charge is 0.261 e. The Labute approximate surface area is 189 Å². The van der Waals surface area contributed by atoms with Crippen LogP contribution >= 0.6 is 11.6 Å². The predicted molar refractivity (Wildman–Crippen MR) is 124 cm³/mol. The molecule has 2 saturated heterocycles. The highest BCUT2D eigenvalue weighted by atomic mass is 35.5. The van der Waals surface area contributed by atoms with E-state index in [-0.39, 0.29) is 10.6 Å². The zero-order chi connectivity index (χ0) is 21.8. The summed E-state index contributed by atoms with van der Waals surface area (Å²) < 4.78 is 28.7. The molecule has 8 heteroatoms. The van der Waals surface area contributed by atoms with Gasteiger partial charge in [-0.3, -0.25) is 14.5 Å². The predicted octanol–water partition coefficient (Wildman–Crippen LogP) is 4.12. The average molecular weight is 464 g/mol. The van der Waals surface area contributed by atoms with Crippen molar-refractivity contribution in [3.05, 3.63) is 53.1 Å². The van der Waals surface area contributed by atoms with Gasteiger partial charge in [0.05, 0.1) is 4.90 Å². The lowest BCUT2D eigenvalue weighted by molar-refractivity contribution is 0.312. The van der Waals surface area contributed by atoms with Crippen molar-refractivity contribution in [2.45, 2.75) is 49.5 Å². The van der Waals surface area contributed by atoms with E-state index in [1.165, 1.54) is 0 Å². The number of nitrogens with one attached hydrogen (secondary N) is 1. The monoisotopic (exact) mass is 463 g/mol. The van der Waals surface area contributed by atoms with Crippen molar-refractivity contribution in [1.29, 1.82) is 0 Å². The lowest BCUT2D eigenvalue weighted by Crippen LogP contribution is -2.21. The first-order valence-corrected chi connectivity index (χ1v) is 12.9. The maximum Gasteiger partial charge on any atom is 0.261 e. The molecule has 2 aromatic rings. The first kappa shape index (κ1) is 22.4. The molecule has 0 amide bonds. The Morgan fingerprint density at radius 2 is 1.35 bits per heavy atom. The second-order valence-electron chi connectivity index (χ2n) is 8.49. The van der Waals surface area contributed by atoms with E-state index in [4.69, 9.17) is 11.6 Å². The summed E-state index contributed by atoms with van der Waals surface area (Å²) in [5.41, 5.74) is 2.90. The molecule has 2 heterocycles. The van der Waals surface area contributed by atoms with Gasteiger partial charge in [-0.2, -0.15) is 0 Å². The number of halogens is 1. The van der Waals surface area contributed by atoms with Crippen LogP contribution in [0.15, 0.2) is 41.3 Å². The van der Waals surface area contributed by atoms with Crippen molar-refractivity contribution >= 4 is 27.3 Å². The summed E-state index contributed by atoms with van der Waals surface area (Å²) in [4.78, 5) is 4.80. The molecule has 2 aliphatic rings. The second kappa shape index (κ2) is 9.77. The van der Waals surface area contributed by atoms with Crippen LogP contribution in [0.5, 0.6) is 5.75 Å². The number of hydrogen-bond donors (Lipinski definition) is 2. The van der Waals surface area contributed by atoms with E-state index in [9.17, 15) is 13.5 Å². The maximum absolute atomic E-state index is 13.0. The molecule has 2 N–H and O–H groups in total. The number of anilines is 1. The molecule has 0 aliphatic carbocycles. The van der Waals surface area contributed by atoms with E-state index in [0.29, 0.717) is 24.7 Å². The quantitative estimate of drug-likeness (QED) is 0.455. The zero-order valence-electron chi connectivity index (χ0n) is 17.7. The molecule has 0 atom stereocenters. The summed E-state index contributed by atoms with van der Waals surface area (Å²) in [6.07, 6.45) is 4.63. The fourth-order valence-corrected chi connectivity index (χ4v) is 5.61. The standard InChI is InChI=1S/C23H30ClN3O3S/c24-15-18-5-7-22(8-6-18)31(29,30)25-21-13-19(16-26-9-1-2-10-26)23(28)20(14-21)17-27-11-3-4-12-27/h5-8,13-14,25,28H,1-4,9-12,15-17H2. The molecule has 0 unspecified atom stereocenters. The van der Waals surface area contributed by atoms with Gasteiger partial charge in [0, 0.05) is 35.8 Å². The number of hydrogen-bond acceptors (Lipinski definition) is 5. The van der Waals surface area contributed by atoms with Crippen LogP contribution in [0.1, 0.15) is 42.4 Å². The molecule has 0 aromatic heterocycles. The van der Waals surface area contributed by atoms with Gasteiger partial charge < -0.3 is 5.11 Å². The molecule has 168 valence electrons. The summed E-state index contributed by atoms with van der Waals surface area (Å²) in [7, 11) is -3.74. The van der Waals surface area contributed by atoms with Gasteiger partial charge in [0.1, 0.15) is 5.75 Å². The van der Waals surface area contributed by atoms with E-state index in [2.05, 4.69) is 14.5 Å². The minimum absolute atomic E-state index is 0.191. The Kier molecular flexibility index (Phi) is 7.06. The third kappa shape index (κ3) is 5.52. The first-order chi connectivity index (χ1) is 14.9. The van der Waals surface area contributed by atoms with Gasteiger partial charge in [-0.25, -0.2) is 8.42 Å². The average Bonchev–Trinajstić information content (AvgIpc) is 3.45. The number of likely N-dealkylation sites (tertiary alicyclic amines) is 2. The summed E-state index contributed by atoms with van der Waals surface area (Å²) in [5, 5.41) is 11.0. The molecule has 31 heavy (non-hydrogen) atoms. The lowest BCUT2D eigenvalue weighted by atomic mass is 10.1. The molecule has 2 aliphatic heterocycles. The minimum Gasteiger partial charge on any atom is -0.507 e. The Bertz CT molecular complexity index is 960. The SMILES string of the molecule is O=S(=O)(Nc1cc(CN2CCCC2)c(O)c(CN2CCCC2)c1)c1ccc(CCl)cc1. The first-order valence-electron chi connectivity index (χ1n) is 10.9.